The van der Waals surface area contributed by atoms with E-state index in [2.05, 4.69) is 232 Å². The monoisotopic (exact) mass is 869 g/mol. The van der Waals surface area contributed by atoms with Gasteiger partial charge in [-0.1, -0.05) is 170 Å². The van der Waals surface area contributed by atoms with Gasteiger partial charge in [-0.2, -0.15) is 0 Å². The molecular weight excluding hydrogens is 831 g/mol. The topological polar surface area (TPSA) is 53.7 Å². The molecule has 14 aromatic rings. The molecule has 318 valence electrons. The van der Waals surface area contributed by atoms with Crippen LogP contribution in [0.15, 0.2) is 241 Å². The molecule has 0 saturated carbocycles. The predicted octanol–water partition coefficient (Wildman–Crippen LogP) is 16.0. The lowest BCUT2D eigenvalue weighted by Crippen LogP contribution is -2.01. The van der Waals surface area contributed by atoms with Gasteiger partial charge in [0.05, 0.1) is 33.1 Å². The van der Waals surface area contributed by atoms with E-state index in [9.17, 15) is 0 Å². The van der Waals surface area contributed by atoms with E-state index in [-0.39, 0.29) is 0 Å². The number of hydrogen-bond donors (Lipinski definition) is 0. The lowest BCUT2D eigenvalue weighted by molar-refractivity contribution is 0.673. The highest BCUT2D eigenvalue weighted by molar-refractivity contribution is 6.24. The van der Waals surface area contributed by atoms with Crippen LogP contribution in [0.1, 0.15) is 0 Å². The third-order valence-electron chi connectivity index (χ3n) is 13.6. The summed E-state index contributed by atoms with van der Waals surface area (Å²) in [5, 5.41) is 16.5. The third-order valence-corrected chi connectivity index (χ3v) is 13.6. The molecule has 0 aliphatic heterocycles. The third kappa shape index (κ3) is 5.77. The molecule has 0 spiro atoms. The van der Waals surface area contributed by atoms with Crippen molar-refractivity contribution in [1.29, 1.82) is 0 Å². The van der Waals surface area contributed by atoms with Crippen LogP contribution in [0.3, 0.4) is 0 Å². The number of nitrogens with zero attached hydrogens (tertiary/aromatic N) is 5. The lowest BCUT2D eigenvalue weighted by Gasteiger charge is -2.15. The largest absolute Gasteiger partial charge is 0.455 e. The van der Waals surface area contributed by atoms with Crippen LogP contribution in [0.5, 0.6) is 0 Å². The van der Waals surface area contributed by atoms with Crippen molar-refractivity contribution in [3.8, 4) is 62.1 Å². The Morgan fingerprint density at radius 3 is 1.40 bits per heavy atom. The lowest BCUT2D eigenvalue weighted by atomic mass is 9.94. The molecule has 0 N–H and O–H groups in total. The summed E-state index contributed by atoms with van der Waals surface area (Å²) in [5.74, 6) is 1.58. The first-order chi connectivity index (χ1) is 33.8. The molecule has 0 atom stereocenters. The number of furan rings is 1. The molecule has 0 aliphatic rings. The fourth-order valence-electron chi connectivity index (χ4n) is 10.7. The van der Waals surface area contributed by atoms with Gasteiger partial charge in [-0.05, 0) is 89.0 Å². The molecule has 0 saturated heterocycles. The van der Waals surface area contributed by atoms with Crippen molar-refractivity contribution in [2.75, 3.05) is 0 Å². The molecule has 0 amide bonds. The second-order valence-corrected chi connectivity index (χ2v) is 17.4. The fraction of sp³-hybridized carbons (Fsp3) is 0. The van der Waals surface area contributed by atoms with Gasteiger partial charge in [0, 0.05) is 49.4 Å². The summed E-state index contributed by atoms with van der Waals surface area (Å²) >= 11 is 0. The molecule has 6 heteroatoms. The second kappa shape index (κ2) is 15.2. The Balaban J connectivity index is 0.919. The second-order valence-electron chi connectivity index (χ2n) is 17.4. The molecule has 0 fully saturated rings. The summed E-state index contributed by atoms with van der Waals surface area (Å²) in [5.41, 5.74) is 16.1. The van der Waals surface area contributed by atoms with Gasteiger partial charge in [-0.25, -0.2) is 0 Å². The number of rotatable bonds is 7. The Hall–Kier alpha value is -9.26. The minimum absolute atomic E-state index is 0.790. The number of benzene rings is 10. The van der Waals surface area contributed by atoms with Crippen molar-refractivity contribution >= 4 is 65.6 Å². The average molecular weight is 870 g/mol. The highest BCUT2D eigenvalue weighted by atomic mass is 16.3. The van der Waals surface area contributed by atoms with Crippen LogP contribution in [-0.4, -0.2) is 23.9 Å². The summed E-state index contributed by atoms with van der Waals surface area (Å²) in [6.45, 7) is 0. The maximum Gasteiger partial charge on any atom is 0.168 e. The van der Waals surface area contributed by atoms with Crippen LogP contribution < -0.4 is 0 Å². The van der Waals surface area contributed by atoms with E-state index in [0.717, 1.165) is 122 Å². The number of aromatic nitrogens is 5. The van der Waals surface area contributed by atoms with Crippen molar-refractivity contribution in [1.82, 2.24) is 23.9 Å². The van der Waals surface area contributed by atoms with Gasteiger partial charge in [0.2, 0.25) is 0 Å². The first-order valence-electron chi connectivity index (χ1n) is 23.0. The van der Waals surface area contributed by atoms with Crippen LogP contribution in [0.25, 0.3) is 128 Å². The van der Waals surface area contributed by atoms with E-state index in [0.29, 0.717) is 0 Å². The minimum Gasteiger partial charge on any atom is -0.455 e. The van der Waals surface area contributed by atoms with E-state index in [1.54, 1.807) is 0 Å². The molecule has 6 nitrogen and oxygen atoms in total. The molecule has 0 radical (unpaired) electrons. The summed E-state index contributed by atoms with van der Waals surface area (Å²) in [6.07, 6.45) is 0. The van der Waals surface area contributed by atoms with Crippen molar-refractivity contribution in [2.45, 2.75) is 0 Å². The Morgan fingerprint density at radius 2 is 0.779 bits per heavy atom. The van der Waals surface area contributed by atoms with Crippen LogP contribution in [0, 0.1) is 0 Å². The highest BCUT2D eigenvalue weighted by Crippen LogP contribution is 2.43. The molecule has 68 heavy (non-hydrogen) atoms. The molecule has 4 aromatic heterocycles. The van der Waals surface area contributed by atoms with Gasteiger partial charge >= 0.3 is 0 Å². The normalized spacial score (nSPS) is 11.8. The summed E-state index contributed by atoms with van der Waals surface area (Å²) in [4.78, 5) is 0. The zero-order valence-corrected chi connectivity index (χ0v) is 36.7. The van der Waals surface area contributed by atoms with Crippen molar-refractivity contribution < 1.29 is 4.42 Å². The zero-order chi connectivity index (χ0) is 44.7. The Morgan fingerprint density at radius 1 is 0.309 bits per heavy atom. The van der Waals surface area contributed by atoms with Gasteiger partial charge in [0.1, 0.15) is 11.2 Å². The van der Waals surface area contributed by atoms with E-state index in [4.69, 9.17) is 14.6 Å². The van der Waals surface area contributed by atoms with Gasteiger partial charge in [0.15, 0.2) is 11.6 Å². The quantitative estimate of drug-likeness (QED) is 0.160. The Bertz CT molecular complexity index is 4210. The first kappa shape index (κ1) is 38.1. The van der Waals surface area contributed by atoms with Crippen molar-refractivity contribution in [3.63, 3.8) is 0 Å². The van der Waals surface area contributed by atoms with Crippen LogP contribution in [0.2, 0.25) is 0 Å². The zero-order valence-electron chi connectivity index (χ0n) is 36.7. The molecule has 4 heterocycles. The Labute approximate surface area is 390 Å². The smallest absolute Gasteiger partial charge is 0.168 e. The van der Waals surface area contributed by atoms with Gasteiger partial charge < -0.3 is 13.6 Å². The molecule has 0 unspecified atom stereocenters. The SMILES string of the molecule is c1ccc(-c2nnc(-c3ccccc3)n2-c2cccc3c2c2ccccc2n3-c2cccc(-c3ccccc3-c3cccc(-n4c5ccccc5c5c6oc7ccccc7c6ccc54)c3)c2)cc1. The van der Waals surface area contributed by atoms with E-state index in [1.807, 2.05) is 18.2 Å². The standard InChI is InChI=1S/C62H39N5O/c1-3-18-40(19-4-1)61-63-64-62(41-20-5-2-6-21-41)67(61)55-34-17-33-54-58(55)50-29-9-12-31-52(50)65(54)44-24-15-22-42(38-44)46-26-7-8-27-47(46)43-23-16-25-45(39-43)66-53-32-13-10-30-51(53)59-56(66)37-36-49-48-28-11-14-35-57(48)68-60(49)59/h1-39H. The molecule has 0 aliphatic carbocycles. The van der Waals surface area contributed by atoms with Crippen molar-refractivity contribution in [2.24, 2.45) is 0 Å². The molecule has 0 bridgehead atoms. The number of fused-ring (bicyclic) bond motifs is 10. The molecule has 14 rings (SSSR count). The molecular formula is C62H39N5O. The Kier molecular flexibility index (Phi) is 8.48. The van der Waals surface area contributed by atoms with E-state index in [1.165, 1.54) is 5.39 Å². The number of hydrogen-bond acceptors (Lipinski definition) is 3. The van der Waals surface area contributed by atoms with Crippen LogP contribution >= 0.6 is 0 Å². The maximum atomic E-state index is 6.61. The van der Waals surface area contributed by atoms with Crippen molar-refractivity contribution in [3.05, 3.63) is 237 Å². The summed E-state index contributed by atoms with van der Waals surface area (Å²) in [7, 11) is 0. The predicted molar refractivity (Wildman–Crippen MR) is 279 cm³/mol. The van der Waals surface area contributed by atoms with Crippen LogP contribution in [-0.2, 0) is 0 Å². The minimum atomic E-state index is 0.790. The average Bonchev–Trinajstić information content (AvgIpc) is 4.19. The van der Waals surface area contributed by atoms with Gasteiger partial charge in [0.25, 0.3) is 0 Å². The first-order valence-corrected chi connectivity index (χ1v) is 23.0. The summed E-state index contributed by atoms with van der Waals surface area (Å²) < 4.78 is 13.6. The fourth-order valence-corrected chi connectivity index (χ4v) is 10.7. The maximum absolute atomic E-state index is 6.61. The van der Waals surface area contributed by atoms with E-state index >= 15 is 0 Å². The summed E-state index contributed by atoms with van der Waals surface area (Å²) in [6, 6.07) is 84.1. The van der Waals surface area contributed by atoms with E-state index < -0.39 is 0 Å². The van der Waals surface area contributed by atoms with Crippen LogP contribution in [0.4, 0.5) is 0 Å². The number of para-hydroxylation sites is 3. The highest BCUT2D eigenvalue weighted by Gasteiger charge is 2.24. The van der Waals surface area contributed by atoms with Gasteiger partial charge in [-0.3, -0.25) is 4.57 Å². The van der Waals surface area contributed by atoms with Gasteiger partial charge in [-0.15, -0.1) is 10.2 Å². The molecule has 10 aromatic carbocycles.